The van der Waals surface area contributed by atoms with Crippen molar-refractivity contribution in [2.75, 3.05) is 13.2 Å². The molecular formula is C30H23F6NO2. The molecule has 9 heteroatoms. The highest BCUT2D eigenvalue weighted by Crippen LogP contribution is 2.31. The van der Waals surface area contributed by atoms with E-state index in [0.717, 1.165) is 49.9 Å². The Morgan fingerprint density at radius 2 is 1.31 bits per heavy atom. The van der Waals surface area contributed by atoms with Gasteiger partial charge in [-0.1, -0.05) is 38.0 Å². The number of nitrogens with zero attached hydrogens (tertiary/aromatic N) is 1. The predicted octanol–water partition coefficient (Wildman–Crippen LogP) is 7.70. The van der Waals surface area contributed by atoms with Gasteiger partial charge in [0.05, 0.1) is 24.3 Å². The van der Waals surface area contributed by atoms with Crippen LogP contribution in [0.4, 0.5) is 26.3 Å². The van der Waals surface area contributed by atoms with Crippen LogP contribution in [0.1, 0.15) is 61.2 Å². The minimum atomic E-state index is -1.28. The Hall–Kier alpha value is -3.79. The predicted molar refractivity (Wildman–Crippen MR) is 131 cm³/mol. The Bertz CT molecular complexity index is 1410. The average Bonchev–Trinajstić information content (AvgIpc) is 2.88. The summed E-state index contributed by atoms with van der Waals surface area (Å²) in [5.74, 6) is -2.22. The number of hydrogen-bond acceptors (Lipinski definition) is 3. The Kier molecular flexibility index (Phi) is 8.96. The standard InChI is InChI=1S/C30H23F6NO2/c1-2-3-4-5-18-15-38-30(39-16-18)20-12-23(31)21(24(32)13-20)7-6-17-8-27(35)29(28(36)9-17)19-10-25(33)22(14-37)26(34)11-19/h8-13,18,30H,2-5,15-16H2,1H3. The van der Waals surface area contributed by atoms with Gasteiger partial charge in [-0.05, 0) is 48.4 Å². The molecule has 0 unspecified atom stereocenters. The summed E-state index contributed by atoms with van der Waals surface area (Å²) in [6, 6.07) is 6.19. The quantitative estimate of drug-likeness (QED) is 0.182. The number of hydrogen-bond donors (Lipinski definition) is 0. The Labute approximate surface area is 222 Å². The monoisotopic (exact) mass is 543 g/mol. The van der Waals surface area contributed by atoms with Crippen LogP contribution in [-0.2, 0) is 9.47 Å². The topological polar surface area (TPSA) is 42.2 Å². The lowest BCUT2D eigenvalue weighted by Gasteiger charge is -2.29. The van der Waals surface area contributed by atoms with Crippen LogP contribution in [0.25, 0.3) is 11.1 Å². The third-order valence-electron chi connectivity index (χ3n) is 6.34. The van der Waals surface area contributed by atoms with Crippen molar-refractivity contribution in [2.24, 2.45) is 5.92 Å². The lowest BCUT2D eigenvalue weighted by molar-refractivity contribution is -0.206. The lowest BCUT2D eigenvalue weighted by Crippen LogP contribution is -2.27. The Morgan fingerprint density at radius 3 is 1.85 bits per heavy atom. The van der Waals surface area contributed by atoms with Crippen LogP contribution < -0.4 is 0 Å². The maximum atomic E-state index is 14.7. The molecule has 1 heterocycles. The highest BCUT2D eigenvalue weighted by Gasteiger charge is 2.25. The van der Waals surface area contributed by atoms with E-state index in [1.165, 1.54) is 6.07 Å². The third-order valence-corrected chi connectivity index (χ3v) is 6.34. The molecule has 3 nitrogen and oxygen atoms in total. The van der Waals surface area contributed by atoms with Gasteiger partial charge in [0, 0.05) is 17.0 Å². The minimum absolute atomic E-state index is 0.144. The Balaban J connectivity index is 1.53. The molecule has 202 valence electrons. The molecule has 3 aromatic rings. The highest BCUT2D eigenvalue weighted by atomic mass is 19.2. The zero-order valence-electron chi connectivity index (χ0n) is 20.9. The van der Waals surface area contributed by atoms with Crippen LogP contribution in [0, 0.1) is 64.0 Å². The fourth-order valence-electron chi connectivity index (χ4n) is 4.31. The van der Waals surface area contributed by atoms with E-state index in [1.54, 1.807) is 0 Å². The maximum Gasteiger partial charge on any atom is 0.184 e. The summed E-state index contributed by atoms with van der Waals surface area (Å²) in [4.78, 5) is 0. The van der Waals surface area contributed by atoms with Crippen LogP contribution in [0.3, 0.4) is 0 Å². The summed E-state index contributed by atoms with van der Waals surface area (Å²) in [7, 11) is 0. The van der Waals surface area contributed by atoms with Crippen molar-refractivity contribution in [3.8, 4) is 29.0 Å². The van der Waals surface area contributed by atoms with Gasteiger partial charge in [-0.15, -0.1) is 0 Å². The summed E-state index contributed by atoms with van der Waals surface area (Å²) < 4.78 is 98.0. The van der Waals surface area contributed by atoms with E-state index in [1.807, 2.05) is 0 Å². The molecule has 0 amide bonds. The van der Waals surface area contributed by atoms with Crippen LogP contribution in [0.5, 0.6) is 0 Å². The van der Waals surface area contributed by atoms with E-state index in [0.29, 0.717) is 25.3 Å². The maximum absolute atomic E-state index is 14.7. The molecule has 0 spiro atoms. The van der Waals surface area contributed by atoms with Crippen LogP contribution in [0.2, 0.25) is 0 Å². The SMILES string of the molecule is CCCCCC1COC(c2cc(F)c(C#Cc3cc(F)c(-c4cc(F)c(C#N)c(F)c4)c(F)c3)c(F)c2)OC1. The molecule has 0 atom stereocenters. The van der Waals surface area contributed by atoms with Crippen LogP contribution >= 0.6 is 0 Å². The largest absolute Gasteiger partial charge is 0.348 e. The molecule has 1 aliphatic rings. The summed E-state index contributed by atoms with van der Waals surface area (Å²) in [6.45, 7) is 2.93. The second-order valence-electron chi connectivity index (χ2n) is 9.21. The first-order valence-electron chi connectivity index (χ1n) is 12.3. The molecule has 0 bridgehead atoms. The van der Waals surface area contributed by atoms with E-state index in [2.05, 4.69) is 18.8 Å². The number of nitriles is 1. The first-order chi connectivity index (χ1) is 18.7. The molecule has 3 aromatic carbocycles. The van der Waals surface area contributed by atoms with E-state index >= 15 is 0 Å². The number of rotatable bonds is 6. The average molecular weight is 544 g/mol. The second kappa shape index (κ2) is 12.4. The van der Waals surface area contributed by atoms with Gasteiger partial charge in [0.2, 0.25) is 0 Å². The van der Waals surface area contributed by atoms with Gasteiger partial charge in [0.15, 0.2) is 6.29 Å². The molecular weight excluding hydrogens is 520 g/mol. The summed E-state index contributed by atoms with van der Waals surface area (Å²) in [5, 5.41) is 8.76. The third kappa shape index (κ3) is 6.44. The number of halogens is 6. The molecule has 0 saturated carbocycles. The van der Waals surface area contributed by atoms with E-state index in [4.69, 9.17) is 14.7 Å². The van der Waals surface area contributed by atoms with Crippen molar-refractivity contribution in [3.63, 3.8) is 0 Å². The molecule has 0 aliphatic carbocycles. The fraction of sp³-hybridized carbons (Fsp3) is 0.300. The van der Waals surface area contributed by atoms with Gasteiger partial charge in [0.25, 0.3) is 0 Å². The van der Waals surface area contributed by atoms with Crippen LogP contribution in [0.15, 0.2) is 36.4 Å². The number of ether oxygens (including phenoxy) is 2. The smallest absolute Gasteiger partial charge is 0.184 e. The molecule has 1 aliphatic heterocycles. The first-order valence-corrected chi connectivity index (χ1v) is 12.3. The zero-order chi connectivity index (χ0) is 28.1. The second-order valence-corrected chi connectivity index (χ2v) is 9.21. The van der Waals surface area contributed by atoms with Crippen LogP contribution in [-0.4, -0.2) is 13.2 Å². The minimum Gasteiger partial charge on any atom is -0.348 e. The summed E-state index contributed by atoms with van der Waals surface area (Å²) in [5.41, 5.74) is -2.83. The fourth-order valence-corrected chi connectivity index (χ4v) is 4.31. The highest BCUT2D eigenvalue weighted by molar-refractivity contribution is 5.67. The zero-order valence-corrected chi connectivity index (χ0v) is 20.9. The van der Waals surface area contributed by atoms with Gasteiger partial charge < -0.3 is 9.47 Å². The summed E-state index contributed by atoms with van der Waals surface area (Å²) in [6.07, 6.45) is 3.28. The summed E-state index contributed by atoms with van der Waals surface area (Å²) >= 11 is 0. The first kappa shape index (κ1) is 28.2. The molecule has 1 fully saturated rings. The van der Waals surface area contributed by atoms with Crippen molar-refractivity contribution >= 4 is 0 Å². The number of benzene rings is 3. The van der Waals surface area contributed by atoms with Gasteiger partial charge in [-0.25, -0.2) is 26.3 Å². The lowest BCUT2D eigenvalue weighted by atomic mass is 10.00. The van der Waals surface area contributed by atoms with E-state index in [-0.39, 0.29) is 17.0 Å². The van der Waals surface area contributed by atoms with Gasteiger partial charge >= 0.3 is 0 Å². The van der Waals surface area contributed by atoms with Crippen molar-refractivity contribution in [1.82, 2.24) is 0 Å². The van der Waals surface area contributed by atoms with E-state index in [9.17, 15) is 26.3 Å². The van der Waals surface area contributed by atoms with Gasteiger partial charge in [0.1, 0.15) is 46.5 Å². The molecule has 0 aromatic heterocycles. The van der Waals surface area contributed by atoms with E-state index < -0.39 is 63.4 Å². The molecule has 0 N–H and O–H groups in total. The van der Waals surface area contributed by atoms with Crippen molar-refractivity contribution in [3.05, 3.63) is 93.6 Å². The molecule has 0 radical (unpaired) electrons. The molecule has 1 saturated heterocycles. The van der Waals surface area contributed by atoms with Gasteiger partial charge in [-0.2, -0.15) is 5.26 Å². The number of unbranched alkanes of at least 4 members (excludes halogenated alkanes) is 2. The van der Waals surface area contributed by atoms with Crippen molar-refractivity contribution in [1.29, 1.82) is 5.26 Å². The van der Waals surface area contributed by atoms with Crippen molar-refractivity contribution < 1.29 is 35.8 Å². The van der Waals surface area contributed by atoms with Crippen molar-refractivity contribution in [2.45, 2.75) is 38.9 Å². The molecule has 39 heavy (non-hydrogen) atoms. The Morgan fingerprint density at radius 1 is 0.744 bits per heavy atom. The molecule has 4 rings (SSSR count). The normalized spacial score (nSPS) is 16.9. The van der Waals surface area contributed by atoms with Gasteiger partial charge in [-0.3, -0.25) is 0 Å².